The lowest BCUT2D eigenvalue weighted by atomic mass is 10.0. The first-order valence-corrected chi connectivity index (χ1v) is 7.64. The molecule has 0 saturated carbocycles. The molecular weight excluding hydrogens is 300 g/mol. The number of nitrogens with zero attached hydrogens (tertiary/aromatic N) is 2. The van der Waals surface area contributed by atoms with E-state index in [0.29, 0.717) is 12.0 Å². The molecule has 0 aliphatic rings. The summed E-state index contributed by atoms with van der Waals surface area (Å²) in [6, 6.07) is 26.2. The first-order chi connectivity index (χ1) is 11.7. The lowest BCUT2D eigenvalue weighted by Crippen LogP contribution is -2.07. The molecule has 0 aliphatic carbocycles. The van der Waals surface area contributed by atoms with Crippen molar-refractivity contribution in [3.05, 3.63) is 106 Å². The monoisotopic (exact) mass is 316 g/mol. The maximum Gasteiger partial charge on any atom is 0.272 e. The molecule has 0 aromatic heterocycles. The normalized spacial score (nSPS) is 11.2. The Morgan fingerprint density at radius 3 is 2.08 bits per heavy atom. The Kier molecular flexibility index (Phi) is 4.77. The van der Waals surface area contributed by atoms with Crippen LogP contribution in [-0.2, 0) is 6.42 Å². The summed E-state index contributed by atoms with van der Waals surface area (Å²) in [4.78, 5) is 15.6. The molecule has 0 bridgehead atoms. The van der Waals surface area contributed by atoms with Crippen molar-refractivity contribution in [3.8, 4) is 0 Å². The predicted octanol–water partition coefficient (Wildman–Crippen LogP) is 4.96. The van der Waals surface area contributed by atoms with Crippen molar-refractivity contribution >= 4 is 17.1 Å². The van der Waals surface area contributed by atoms with E-state index in [-0.39, 0.29) is 10.6 Å². The van der Waals surface area contributed by atoms with Gasteiger partial charge < -0.3 is 0 Å². The summed E-state index contributed by atoms with van der Waals surface area (Å²) in [6.07, 6.45) is 0.399. The van der Waals surface area contributed by atoms with Crippen molar-refractivity contribution in [1.29, 1.82) is 0 Å². The molecule has 4 heteroatoms. The molecule has 4 nitrogen and oxygen atoms in total. The highest BCUT2D eigenvalue weighted by Crippen LogP contribution is 2.22. The Labute approximate surface area is 140 Å². The molecule has 0 atom stereocenters. The molecule has 0 fully saturated rings. The van der Waals surface area contributed by atoms with Gasteiger partial charge in [0.15, 0.2) is 0 Å². The molecule has 0 N–H and O–H groups in total. The van der Waals surface area contributed by atoms with Crippen molar-refractivity contribution < 1.29 is 4.92 Å². The van der Waals surface area contributed by atoms with Crippen LogP contribution in [-0.4, -0.2) is 10.6 Å². The van der Waals surface area contributed by atoms with E-state index in [0.717, 1.165) is 17.0 Å². The average Bonchev–Trinajstić information content (AvgIpc) is 2.63. The number of benzene rings is 3. The van der Waals surface area contributed by atoms with Crippen LogP contribution in [0.4, 0.5) is 11.4 Å². The van der Waals surface area contributed by atoms with E-state index in [9.17, 15) is 10.1 Å². The molecule has 0 radical (unpaired) electrons. The Hall–Kier alpha value is -3.27. The van der Waals surface area contributed by atoms with Crippen molar-refractivity contribution in [1.82, 2.24) is 0 Å². The van der Waals surface area contributed by atoms with E-state index >= 15 is 0 Å². The van der Waals surface area contributed by atoms with E-state index < -0.39 is 0 Å². The van der Waals surface area contributed by atoms with Crippen LogP contribution in [0.15, 0.2) is 89.9 Å². The number of nitro benzene ring substituents is 1. The van der Waals surface area contributed by atoms with E-state index in [4.69, 9.17) is 4.99 Å². The zero-order valence-electron chi connectivity index (χ0n) is 13.0. The second-order valence-corrected chi connectivity index (χ2v) is 5.32. The van der Waals surface area contributed by atoms with Crippen molar-refractivity contribution in [3.63, 3.8) is 0 Å². The number of nitro groups is 1. The minimum atomic E-state index is -0.347. The lowest BCUT2D eigenvalue weighted by Gasteiger charge is -2.08. The number of hydrogen-bond donors (Lipinski definition) is 0. The summed E-state index contributed by atoms with van der Waals surface area (Å²) < 4.78 is 0. The predicted molar refractivity (Wildman–Crippen MR) is 95.9 cm³/mol. The summed E-state index contributed by atoms with van der Waals surface area (Å²) in [7, 11) is 0. The van der Waals surface area contributed by atoms with Crippen LogP contribution in [0.1, 0.15) is 11.1 Å². The Morgan fingerprint density at radius 1 is 0.833 bits per heavy atom. The van der Waals surface area contributed by atoms with Crippen LogP contribution in [0.2, 0.25) is 0 Å². The van der Waals surface area contributed by atoms with Gasteiger partial charge in [0.1, 0.15) is 0 Å². The Morgan fingerprint density at radius 2 is 1.42 bits per heavy atom. The third-order valence-corrected chi connectivity index (χ3v) is 3.67. The number of rotatable bonds is 5. The van der Waals surface area contributed by atoms with Crippen LogP contribution in [0.25, 0.3) is 0 Å². The smallest absolute Gasteiger partial charge is 0.258 e. The number of para-hydroxylation sites is 2. The van der Waals surface area contributed by atoms with E-state index in [1.54, 1.807) is 12.1 Å². The van der Waals surface area contributed by atoms with Gasteiger partial charge >= 0.3 is 0 Å². The van der Waals surface area contributed by atoms with Crippen molar-refractivity contribution in [2.24, 2.45) is 4.99 Å². The molecule has 0 amide bonds. The van der Waals surface area contributed by atoms with Gasteiger partial charge in [-0.2, -0.15) is 0 Å². The minimum absolute atomic E-state index is 0.120. The van der Waals surface area contributed by atoms with Gasteiger partial charge in [-0.15, -0.1) is 0 Å². The van der Waals surface area contributed by atoms with Gasteiger partial charge in [0, 0.05) is 18.1 Å². The molecule has 3 aromatic rings. The highest BCUT2D eigenvalue weighted by molar-refractivity contribution is 6.03. The fourth-order valence-electron chi connectivity index (χ4n) is 2.51. The molecule has 24 heavy (non-hydrogen) atoms. The topological polar surface area (TPSA) is 55.5 Å². The van der Waals surface area contributed by atoms with E-state index in [1.807, 2.05) is 66.7 Å². The standard InChI is InChI=1S/C20H16N2O2/c23-22(24)20-14-8-7-11-17(20)15-19(16-9-3-1-4-10-16)21-18-12-5-2-6-13-18/h1-14H,15H2. The van der Waals surface area contributed by atoms with Crippen LogP contribution >= 0.6 is 0 Å². The van der Waals surface area contributed by atoms with Crippen LogP contribution < -0.4 is 0 Å². The van der Waals surface area contributed by atoms with Gasteiger partial charge in [-0.1, -0.05) is 66.7 Å². The number of aliphatic imine (C=N–C) groups is 1. The molecule has 118 valence electrons. The maximum absolute atomic E-state index is 11.3. The Bertz CT molecular complexity index is 859. The highest BCUT2D eigenvalue weighted by Gasteiger charge is 2.15. The van der Waals surface area contributed by atoms with Crippen LogP contribution in [0.5, 0.6) is 0 Å². The molecule has 3 aromatic carbocycles. The van der Waals surface area contributed by atoms with Gasteiger partial charge in [-0.05, 0) is 17.7 Å². The fraction of sp³-hybridized carbons (Fsp3) is 0.0500. The number of hydrogen-bond acceptors (Lipinski definition) is 3. The highest BCUT2D eigenvalue weighted by atomic mass is 16.6. The summed E-state index contributed by atoms with van der Waals surface area (Å²) in [6.45, 7) is 0. The fourth-order valence-corrected chi connectivity index (χ4v) is 2.51. The lowest BCUT2D eigenvalue weighted by molar-refractivity contribution is -0.385. The Balaban J connectivity index is 2.04. The molecule has 0 unspecified atom stereocenters. The largest absolute Gasteiger partial charge is 0.272 e. The second-order valence-electron chi connectivity index (χ2n) is 5.32. The summed E-state index contributed by atoms with van der Waals surface area (Å²) in [5.41, 5.74) is 3.36. The van der Waals surface area contributed by atoms with Gasteiger partial charge in [0.05, 0.1) is 16.3 Å². The first-order valence-electron chi connectivity index (χ1n) is 7.64. The van der Waals surface area contributed by atoms with Crippen molar-refractivity contribution in [2.45, 2.75) is 6.42 Å². The maximum atomic E-state index is 11.3. The minimum Gasteiger partial charge on any atom is -0.258 e. The van der Waals surface area contributed by atoms with Gasteiger partial charge in [0.25, 0.3) is 5.69 Å². The van der Waals surface area contributed by atoms with Crippen LogP contribution in [0, 0.1) is 10.1 Å². The summed E-state index contributed by atoms with van der Waals surface area (Å²) in [5, 5.41) is 11.3. The summed E-state index contributed by atoms with van der Waals surface area (Å²) in [5.74, 6) is 0. The third kappa shape index (κ3) is 3.73. The van der Waals surface area contributed by atoms with E-state index in [1.165, 1.54) is 6.07 Å². The first kappa shape index (κ1) is 15.6. The SMILES string of the molecule is O=[N+]([O-])c1ccccc1CC(=Nc1ccccc1)c1ccccc1. The zero-order valence-corrected chi connectivity index (χ0v) is 13.0. The molecule has 0 spiro atoms. The zero-order chi connectivity index (χ0) is 16.8. The van der Waals surface area contributed by atoms with Crippen LogP contribution in [0.3, 0.4) is 0 Å². The van der Waals surface area contributed by atoms with E-state index in [2.05, 4.69) is 0 Å². The molecular formula is C20H16N2O2. The molecule has 0 saturated heterocycles. The second kappa shape index (κ2) is 7.33. The van der Waals surface area contributed by atoms with Gasteiger partial charge in [-0.3, -0.25) is 15.1 Å². The van der Waals surface area contributed by atoms with Crippen molar-refractivity contribution in [2.75, 3.05) is 0 Å². The summed E-state index contributed by atoms with van der Waals surface area (Å²) >= 11 is 0. The molecule has 3 rings (SSSR count). The molecule has 0 aliphatic heterocycles. The molecule has 0 heterocycles. The average molecular weight is 316 g/mol. The quantitative estimate of drug-likeness (QED) is 0.379. The van der Waals surface area contributed by atoms with Gasteiger partial charge in [0.2, 0.25) is 0 Å². The third-order valence-electron chi connectivity index (χ3n) is 3.67. The van der Waals surface area contributed by atoms with Gasteiger partial charge in [-0.25, -0.2) is 0 Å².